The van der Waals surface area contributed by atoms with Crippen molar-refractivity contribution in [3.05, 3.63) is 100.0 Å². The molecule has 1 fully saturated rings. The number of nitrogens with one attached hydrogen (secondary N) is 1. The first-order chi connectivity index (χ1) is 20.6. The molecular weight excluding hydrogens is 567 g/mol. The van der Waals surface area contributed by atoms with Gasteiger partial charge < -0.3 is 19.9 Å². The number of hydrogen-bond donors (Lipinski definition) is 1. The number of piperazine rings is 1. The van der Waals surface area contributed by atoms with E-state index in [0.29, 0.717) is 34.0 Å². The maximum atomic E-state index is 15.2. The number of nitrogens with zero attached hydrogens (tertiary/aromatic N) is 5. The van der Waals surface area contributed by atoms with E-state index in [-0.39, 0.29) is 18.3 Å². The van der Waals surface area contributed by atoms with Crippen LogP contribution in [0.25, 0.3) is 0 Å². The lowest BCUT2D eigenvalue weighted by atomic mass is 10.1. The van der Waals surface area contributed by atoms with E-state index in [1.165, 1.54) is 11.0 Å². The van der Waals surface area contributed by atoms with Crippen LogP contribution < -0.4 is 19.9 Å². The molecule has 224 valence electrons. The molecular formula is C33H36ClFN6O2. The number of hydrogen-bond acceptors (Lipinski definition) is 7. The Morgan fingerprint density at radius 3 is 2.56 bits per heavy atom. The van der Waals surface area contributed by atoms with Crippen molar-refractivity contribution in [1.82, 2.24) is 14.9 Å². The lowest BCUT2D eigenvalue weighted by Gasteiger charge is -2.39. The van der Waals surface area contributed by atoms with E-state index in [0.717, 1.165) is 41.9 Å². The summed E-state index contributed by atoms with van der Waals surface area (Å²) in [6.45, 7) is 10.5. The number of aromatic nitrogens is 2. The van der Waals surface area contributed by atoms with E-state index in [2.05, 4.69) is 39.1 Å². The lowest BCUT2D eigenvalue weighted by molar-refractivity contribution is 0.206. The van der Waals surface area contributed by atoms with Gasteiger partial charge in [-0.25, -0.2) is 14.2 Å². The zero-order chi connectivity index (χ0) is 30.7. The van der Waals surface area contributed by atoms with Gasteiger partial charge in [0.2, 0.25) is 5.95 Å². The molecule has 43 heavy (non-hydrogen) atoms. The molecule has 3 aromatic carbocycles. The molecule has 1 aliphatic heterocycles. The molecule has 0 spiro atoms. The molecule has 1 unspecified atom stereocenters. The number of carbonyl (C=O) groups excluding carboxylic acids is 1. The molecule has 0 bridgehead atoms. The maximum absolute atomic E-state index is 15.2. The monoisotopic (exact) mass is 602 g/mol. The van der Waals surface area contributed by atoms with Gasteiger partial charge in [-0.1, -0.05) is 41.4 Å². The van der Waals surface area contributed by atoms with Crippen LogP contribution in [-0.2, 0) is 6.54 Å². The van der Waals surface area contributed by atoms with Crippen molar-refractivity contribution in [3.8, 4) is 5.75 Å². The summed E-state index contributed by atoms with van der Waals surface area (Å²) in [6, 6.07) is 18.2. The van der Waals surface area contributed by atoms with Gasteiger partial charge in [-0.15, -0.1) is 0 Å². The Morgan fingerprint density at radius 2 is 1.86 bits per heavy atom. The topological polar surface area (TPSA) is 73.8 Å². The highest BCUT2D eigenvalue weighted by Crippen LogP contribution is 2.29. The van der Waals surface area contributed by atoms with Crippen LogP contribution in [0.4, 0.5) is 32.3 Å². The van der Waals surface area contributed by atoms with Gasteiger partial charge in [0.15, 0.2) is 0 Å². The molecule has 1 atom stereocenters. The number of carbonyl (C=O) groups is 1. The van der Waals surface area contributed by atoms with Gasteiger partial charge in [0.05, 0.1) is 12.2 Å². The normalized spacial score (nSPS) is 15.3. The van der Waals surface area contributed by atoms with Crippen LogP contribution in [0.1, 0.15) is 29.2 Å². The van der Waals surface area contributed by atoms with Gasteiger partial charge in [0.25, 0.3) is 0 Å². The highest BCUT2D eigenvalue weighted by Gasteiger charge is 2.24. The Hall–Kier alpha value is -4.21. The quantitative estimate of drug-likeness (QED) is 0.238. The number of ether oxygens (including phenoxy) is 1. The minimum atomic E-state index is -0.600. The van der Waals surface area contributed by atoms with Gasteiger partial charge in [0.1, 0.15) is 17.4 Å². The van der Waals surface area contributed by atoms with Gasteiger partial charge in [0, 0.05) is 42.6 Å². The molecule has 10 heteroatoms. The molecule has 4 aromatic rings. The number of likely N-dealkylation sites (N-methyl/N-ethyl adjacent to an activating group) is 1. The number of rotatable bonds is 7. The van der Waals surface area contributed by atoms with E-state index in [4.69, 9.17) is 16.3 Å². The average molecular weight is 603 g/mol. The number of halogens is 2. The van der Waals surface area contributed by atoms with Crippen molar-refractivity contribution in [3.63, 3.8) is 0 Å². The van der Waals surface area contributed by atoms with E-state index in [9.17, 15) is 4.79 Å². The minimum absolute atomic E-state index is 0.159. The van der Waals surface area contributed by atoms with Crippen molar-refractivity contribution in [2.45, 2.75) is 40.3 Å². The summed E-state index contributed by atoms with van der Waals surface area (Å²) in [7, 11) is 2.08. The molecule has 0 radical (unpaired) electrons. The number of anilines is 4. The molecule has 1 saturated heterocycles. The molecule has 2 heterocycles. The zero-order valence-corrected chi connectivity index (χ0v) is 25.8. The van der Waals surface area contributed by atoms with Gasteiger partial charge in [-0.05, 0) is 87.8 Å². The summed E-state index contributed by atoms with van der Waals surface area (Å²) in [6.07, 6.45) is 0.943. The Kier molecular flexibility index (Phi) is 9.13. The van der Waals surface area contributed by atoms with Crippen molar-refractivity contribution < 1.29 is 13.9 Å². The summed E-state index contributed by atoms with van der Waals surface area (Å²) in [5.41, 5.74) is 4.66. The standard InChI is InChI=1S/C33H36ClFN6O2/c1-21-15-22(2)31(23(3)16-21)43-33(42)41(20-25-7-6-8-26(34)17-25)30-11-12-36-32(38-30)37-27-9-10-29(28(35)18-27)40-14-13-39(5)24(4)19-40/h6-12,15-18,24H,13-14,19-20H2,1-5H3,(H,36,37,38). The Balaban J connectivity index is 1.40. The molecule has 8 nitrogen and oxygen atoms in total. The second-order valence-electron chi connectivity index (χ2n) is 11.1. The average Bonchev–Trinajstić information content (AvgIpc) is 2.95. The Bertz CT molecular complexity index is 1610. The largest absolute Gasteiger partial charge is 0.421 e. The van der Waals surface area contributed by atoms with E-state index in [1.807, 2.05) is 45.0 Å². The van der Waals surface area contributed by atoms with Crippen molar-refractivity contribution in [2.75, 3.05) is 41.8 Å². The number of benzene rings is 3. The predicted octanol–water partition coefficient (Wildman–Crippen LogP) is 7.28. The van der Waals surface area contributed by atoms with Crippen LogP contribution in [0.5, 0.6) is 5.75 Å². The van der Waals surface area contributed by atoms with Gasteiger partial charge >= 0.3 is 6.09 Å². The first-order valence-corrected chi connectivity index (χ1v) is 14.6. The molecule has 0 aliphatic carbocycles. The van der Waals surface area contributed by atoms with Crippen LogP contribution >= 0.6 is 11.6 Å². The first kappa shape index (κ1) is 30.3. The van der Waals surface area contributed by atoms with Gasteiger partial charge in [-0.2, -0.15) is 4.98 Å². The third kappa shape index (κ3) is 7.24. The van der Waals surface area contributed by atoms with Crippen LogP contribution in [0.2, 0.25) is 5.02 Å². The summed E-state index contributed by atoms with van der Waals surface area (Å²) in [4.78, 5) is 28.3. The highest BCUT2D eigenvalue weighted by molar-refractivity contribution is 6.30. The second-order valence-corrected chi connectivity index (χ2v) is 11.6. The van der Waals surface area contributed by atoms with Crippen LogP contribution in [0, 0.1) is 26.6 Å². The zero-order valence-electron chi connectivity index (χ0n) is 25.1. The van der Waals surface area contributed by atoms with Crippen LogP contribution in [-0.4, -0.2) is 53.7 Å². The third-order valence-electron chi connectivity index (χ3n) is 7.67. The fourth-order valence-electron chi connectivity index (χ4n) is 5.32. The molecule has 1 amide bonds. The molecule has 1 N–H and O–H groups in total. The first-order valence-electron chi connectivity index (χ1n) is 14.2. The summed E-state index contributed by atoms with van der Waals surface area (Å²) in [5, 5.41) is 3.64. The molecule has 1 aliphatic rings. The fraction of sp³-hybridized carbons (Fsp3) is 0.303. The second kappa shape index (κ2) is 13.0. The SMILES string of the molecule is Cc1cc(C)c(OC(=O)N(Cc2cccc(Cl)c2)c2ccnc(Nc3ccc(N4CCN(C)C(C)C4)c(F)c3)n2)c(C)c1. The summed E-state index contributed by atoms with van der Waals surface area (Å²) >= 11 is 6.24. The molecule has 0 saturated carbocycles. The third-order valence-corrected chi connectivity index (χ3v) is 7.90. The summed E-state index contributed by atoms with van der Waals surface area (Å²) < 4.78 is 21.2. The van der Waals surface area contributed by atoms with Crippen LogP contribution in [0.15, 0.2) is 66.9 Å². The molecule has 1 aromatic heterocycles. The number of aryl methyl sites for hydroxylation is 3. The Labute approximate surface area is 257 Å². The van der Waals surface area contributed by atoms with Crippen LogP contribution in [0.3, 0.4) is 0 Å². The van der Waals surface area contributed by atoms with E-state index >= 15 is 4.39 Å². The number of amides is 1. The maximum Gasteiger partial charge on any atom is 0.421 e. The smallest absolute Gasteiger partial charge is 0.409 e. The predicted molar refractivity (Wildman–Crippen MR) is 170 cm³/mol. The van der Waals surface area contributed by atoms with Crippen molar-refractivity contribution >= 4 is 40.8 Å². The lowest BCUT2D eigenvalue weighted by Crippen LogP contribution is -2.50. The summed E-state index contributed by atoms with van der Waals surface area (Å²) in [5.74, 6) is 0.704. The van der Waals surface area contributed by atoms with Crippen molar-refractivity contribution in [2.24, 2.45) is 0 Å². The van der Waals surface area contributed by atoms with E-state index in [1.54, 1.807) is 36.5 Å². The van der Waals surface area contributed by atoms with E-state index < -0.39 is 6.09 Å². The van der Waals surface area contributed by atoms with Gasteiger partial charge in [-0.3, -0.25) is 4.90 Å². The minimum Gasteiger partial charge on any atom is -0.409 e. The fourth-order valence-corrected chi connectivity index (χ4v) is 5.54. The Morgan fingerprint density at radius 1 is 1.09 bits per heavy atom. The van der Waals surface area contributed by atoms with Crippen molar-refractivity contribution in [1.29, 1.82) is 0 Å². The highest BCUT2D eigenvalue weighted by atomic mass is 35.5. The molecule has 5 rings (SSSR count).